The summed E-state index contributed by atoms with van der Waals surface area (Å²) in [7, 11) is 0. The summed E-state index contributed by atoms with van der Waals surface area (Å²) >= 11 is 0. The van der Waals surface area contributed by atoms with E-state index in [1.807, 2.05) is 6.92 Å². The van der Waals surface area contributed by atoms with Crippen LogP contribution >= 0.6 is 0 Å². The molecule has 2 N–H and O–H groups in total. The van der Waals surface area contributed by atoms with Crippen LogP contribution in [0.15, 0.2) is 24.3 Å². The van der Waals surface area contributed by atoms with Crippen LogP contribution in [0.1, 0.15) is 23.7 Å². The van der Waals surface area contributed by atoms with Gasteiger partial charge in [-0.1, -0.05) is 0 Å². The van der Waals surface area contributed by atoms with E-state index in [2.05, 4.69) is 9.80 Å². The molecule has 0 spiro atoms. The smallest absolute Gasteiger partial charge is 0.234 e. The molecular weight excluding hydrogens is 285 g/mol. The molecule has 1 atom stereocenters. The molecule has 5 nitrogen and oxygen atoms in total. The van der Waals surface area contributed by atoms with Crippen LogP contribution in [0.4, 0.5) is 4.39 Å². The largest absolute Gasteiger partial charge is 0.368 e. The van der Waals surface area contributed by atoms with Crippen molar-refractivity contribution in [3.8, 4) is 0 Å². The van der Waals surface area contributed by atoms with Crippen molar-refractivity contribution >= 4 is 11.7 Å². The van der Waals surface area contributed by atoms with Gasteiger partial charge in [-0.25, -0.2) is 4.39 Å². The van der Waals surface area contributed by atoms with E-state index in [1.165, 1.54) is 24.3 Å². The van der Waals surface area contributed by atoms with E-state index in [-0.39, 0.29) is 23.5 Å². The average Bonchev–Trinajstić information content (AvgIpc) is 2.53. The fourth-order valence-electron chi connectivity index (χ4n) is 2.59. The number of halogens is 1. The van der Waals surface area contributed by atoms with Gasteiger partial charge in [-0.05, 0) is 31.2 Å². The number of carbonyl (C=O) groups is 2. The highest BCUT2D eigenvalue weighted by Crippen LogP contribution is 2.09. The number of hydrogen-bond donors (Lipinski definition) is 1. The third kappa shape index (κ3) is 4.35. The summed E-state index contributed by atoms with van der Waals surface area (Å²) < 4.78 is 12.8. The summed E-state index contributed by atoms with van der Waals surface area (Å²) in [5, 5.41) is 0. The molecule has 1 saturated heterocycles. The zero-order chi connectivity index (χ0) is 16.1. The molecule has 1 fully saturated rings. The molecule has 1 amide bonds. The van der Waals surface area contributed by atoms with Gasteiger partial charge in [0, 0.05) is 44.7 Å². The fourth-order valence-corrected chi connectivity index (χ4v) is 2.59. The molecule has 1 unspecified atom stereocenters. The molecule has 0 radical (unpaired) electrons. The SMILES string of the molecule is CC(C(N)=O)N1CCN(CCC(=O)c2ccc(F)cc2)CC1. The first kappa shape index (κ1) is 16.6. The molecule has 1 heterocycles. The molecule has 22 heavy (non-hydrogen) atoms. The van der Waals surface area contributed by atoms with Crippen LogP contribution < -0.4 is 5.73 Å². The maximum Gasteiger partial charge on any atom is 0.234 e. The Bertz CT molecular complexity index is 525. The molecule has 1 aromatic carbocycles. The van der Waals surface area contributed by atoms with Crippen LogP contribution in [0.5, 0.6) is 0 Å². The standard InChI is InChI=1S/C16H22FN3O2/c1-12(16(18)22)20-10-8-19(9-11-20)7-6-15(21)13-2-4-14(17)5-3-13/h2-5,12H,6-11H2,1H3,(H2,18,22). The van der Waals surface area contributed by atoms with Crippen LogP contribution in [-0.2, 0) is 4.79 Å². The number of nitrogens with zero attached hydrogens (tertiary/aromatic N) is 2. The quantitative estimate of drug-likeness (QED) is 0.793. The van der Waals surface area contributed by atoms with Crippen LogP contribution in [0, 0.1) is 5.82 Å². The van der Waals surface area contributed by atoms with Crippen molar-refractivity contribution in [3.63, 3.8) is 0 Å². The van der Waals surface area contributed by atoms with E-state index < -0.39 is 0 Å². The van der Waals surface area contributed by atoms with Gasteiger partial charge < -0.3 is 10.6 Å². The number of ketones is 1. The molecule has 1 aliphatic rings. The second-order valence-corrected chi connectivity index (χ2v) is 5.64. The highest BCUT2D eigenvalue weighted by atomic mass is 19.1. The summed E-state index contributed by atoms with van der Waals surface area (Å²) in [6.45, 7) is 5.66. The molecule has 0 aromatic heterocycles. The van der Waals surface area contributed by atoms with Crippen LogP contribution in [-0.4, -0.2) is 60.3 Å². The maximum atomic E-state index is 12.8. The van der Waals surface area contributed by atoms with Crippen LogP contribution in [0.3, 0.4) is 0 Å². The minimum absolute atomic E-state index is 0.0212. The first-order chi connectivity index (χ1) is 10.5. The average molecular weight is 307 g/mol. The number of primary amides is 1. The lowest BCUT2D eigenvalue weighted by Gasteiger charge is -2.36. The van der Waals surface area contributed by atoms with Crippen LogP contribution in [0.25, 0.3) is 0 Å². The van der Waals surface area contributed by atoms with Gasteiger partial charge in [-0.2, -0.15) is 0 Å². The summed E-state index contributed by atoms with van der Waals surface area (Å²) in [5.74, 6) is -0.621. The molecule has 1 aliphatic heterocycles. The van der Waals surface area contributed by atoms with Gasteiger partial charge in [0.25, 0.3) is 0 Å². The van der Waals surface area contributed by atoms with Crippen molar-refractivity contribution in [2.24, 2.45) is 5.73 Å². The van der Waals surface area contributed by atoms with Crippen molar-refractivity contribution in [1.82, 2.24) is 9.80 Å². The third-order valence-electron chi connectivity index (χ3n) is 4.19. The van der Waals surface area contributed by atoms with E-state index in [0.29, 0.717) is 18.5 Å². The molecular formula is C16H22FN3O2. The van der Waals surface area contributed by atoms with Gasteiger partial charge in [-0.3, -0.25) is 14.5 Å². The number of carbonyl (C=O) groups excluding carboxylic acids is 2. The lowest BCUT2D eigenvalue weighted by Crippen LogP contribution is -2.53. The lowest BCUT2D eigenvalue weighted by molar-refractivity contribution is -0.123. The van der Waals surface area contributed by atoms with E-state index in [0.717, 1.165) is 26.2 Å². The van der Waals surface area contributed by atoms with Crippen molar-refractivity contribution in [2.45, 2.75) is 19.4 Å². The topological polar surface area (TPSA) is 66.6 Å². The molecule has 0 saturated carbocycles. The first-order valence-electron chi connectivity index (χ1n) is 7.52. The Morgan fingerprint density at radius 3 is 2.32 bits per heavy atom. The van der Waals surface area contributed by atoms with E-state index in [1.54, 1.807) is 0 Å². The Balaban J connectivity index is 1.76. The number of nitrogens with two attached hydrogens (primary N) is 1. The summed E-state index contributed by atoms with van der Waals surface area (Å²) in [6, 6.07) is 5.39. The Morgan fingerprint density at radius 2 is 1.77 bits per heavy atom. The molecule has 6 heteroatoms. The highest BCUT2D eigenvalue weighted by molar-refractivity contribution is 5.96. The Hall–Kier alpha value is -1.79. The predicted molar refractivity (Wildman–Crippen MR) is 82.0 cm³/mol. The highest BCUT2D eigenvalue weighted by Gasteiger charge is 2.24. The Kier molecular flexibility index (Phi) is 5.63. The Morgan fingerprint density at radius 1 is 1.18 bits per heavy atom. The number of piperazine rings is 1. The second-order valence-electron chi connectivity index (χ2n) is 5.64. The first-order valence-corrected chi connectivity index (χ1v) is 7.52. The zero-order valence-corrected chi connectivity index (χ0v) is 12.8. The number of rotatable bonds is 6. The second kappa shape index (κ2) is 7.47. The van der Waals surface area contributed by atoms with Crippen molar-refractivity contribution in [1.29, 1.82) is 0 Å². The lowest BCUT2D eigenvalue weighted by atomic mass is 10.1. The van der Waals surface area contributed by atoms with Crippen molar-refractivity contribution in [2.75, 3.05) is 32.7 Å². The van der Waals surface area contributed by atoms with Gasteiger partial charge in [0.15, 0.2) is 5.78 Å². The van der Waals surface area contributed by atoms with Gasteiger partial charge in [0.1, 0.15) is 5.82 Å². The number of hydrogen-bond acceptors (Lipinski definition) is 4. The maximum absolute atomic E-state index is 12.8. The monoisotopic (exact) mass is 307 g/mol. The number of Topliss-reactive ketones (excluding diaryl/α,β-unsaturated/α-hetero) is 1. The molecule has 1 aromatic rings. The van der Waals surface area contributed by atoms with Gasteiger partial charge in [0.05, 0.1) is 6.04 Å². The molecule has 0 bridgehead atoms. The van der Waals surface area contributed by atoms with E-state index in [4.69, 9.17) is 5.73 Å². The van der Waals surface area contributed by atoms with Crippen LogP contribution in [0.2, 0.25) is 0 Å². The minimum Gasteiger partial charge on any atom is -0.368 e. The van der Waals surface area contributed by atoms with E-state index >= 15 is 0 Å². The zero-order valence-electron chi connectivity index (χ0n) is 12.8. The molecule has 0 aliphatic carbocycles. The minimum atomic E-state index is -0.337. The third-order valence-corrected chi connectivity index (χ3v) is 4.19. The number of amides is 1. The van der Waals surface area contributed by atoms with Gasteiger partial charge in [-0.15, -0.1) is 0 Å². The van der Waals surface area contributed by atoms with Gasteiger partial charge in [0.2, 0.25) is 5.91 Å². The van der Waals surface area contributed by atoms with Crippen molar-refractivity contribution < 1.29 is 14.0 Å². The van der Waals surface area contributed by atoms with E-state index in [9.17, 15) is 14.0 Å². The molecule has 120 valence electrons. The number of benzene rings is 1. The summed E-state index contributed by atoms with van der Waals surface area (Å²) in [6.07, 6.45) is 0.414. The normalized spacial score (nSPS) is 18.1. The Labute approximate surface area is 129 Å². The van der Waals surface area contributed by atoms with Crippen molar-refractivity contribution in [3.05, 3.63) is 35.6 Å². The predicted octanol–water partition coefficient (Wildman–Crippen LogP) is 0.890. The summed E-state index contributed by atoms with van der Waals surface area (Å²) in [5.41, 5.74) is 5.85. The summed E-state index contributed by atoms with van der Waals surface area (Å²) in [4.78, 5) is 27.5. The van der Waals surface area contributed by atoms with Gasteiger partial charge >= 0.3 is 0 Å². The fraction of sp³-hybridized carbons (Fsp3) is 0.500. The molecule has 2 rings (SSSR count).